The molecular weight excluding hydrogens is 484 g/mol. The summed E-state index contributed by atoms with van der Waals surface area (Å²) in [5, 5.41) is 0. The molecule has 1 rings (SSSR count). The van der Waals surface area contributed by atoms with E-state index in [1.165, 1.54) is 0 Å². The molecule has 0 aromatic carbocycles. The average Bonchev–Trinajstić information content (AvgIpc) is 2.60. The van der Waals surface area contributed by atoms with Crippen LogP contribution in [0, 0.1) is 11.8 Å². The Hall–Kier alpha value is -2.03. The summed E-state index contributed by atoms with van der Waals surface area (Å²) in [7, 11) is 0.407. The molecule has 0 unspecified atom stereocenters. The molecule has 0 aromatic heterocycles. The van der Waals surface area contributed by atoms with Gasteiger partial charge in [0.2, 0.25) is 0 Å². The van der Waals surface area contributed by atoms with E-state index in [-0.39, 0.29) is 6.26 Å². The minimum absolute atomic E-state index is 0.164. The van der Waals surface area contributed by atoms with E-state index in [1.807, 2.05) is 0 Å². The third-order valence-corrected chi connectivity index (χ3v) is 5.24. The van der Waals surface area contributed by atoms with Crippen LogP contribution in [-0.2, 0) is 14.2 Å². The van der Waals surface area contributed by atoms with E-state index >= 15 is 0 Å². The van der Waals surface area contributed by atoms with Crippen molar-refractivity contribution in [3.63, 3.8) is 0 Å². The molecule has 0 spiro atoms. The zero-order valence-electron chi connectivity index (χ0n) is 15.9. The molecule has 0 aliphatic heterocycles. The predicted molar refractivity (Wildman–Crippen MR) is 79.9 cm³/mol. The minimum atomic E-state index is -6.32. The van der Waals surface area contributed by atoms with Gasteiger partial charge in [0.15, 0.2) is 0 Å². The normalized spacial score (nSPS) is 21.7. The lowest BCUT2D eigenvalue weighted by atomic mass is 9.67. The molecule has 0 saturated heterocycles. The lowest BCUT2D eigenvalue weighted by Gasteiger charge is -2.47. The van der Waals surface area contributed by atoms with Crippen molar-refractivity contribution >= 4 is 6.16 Å². The summed E-state index contributed by atoms with van der Waals surface area (Å²) in [6.07, 6.45) is -33.2. The van der Waals surface area contributed by atoms with Crippen LogP contribution in [0.2, 0.25) is 0 Å². The first-order chi connectivity index (χ1) is 14.2. The molecule has 1 saturated carbocycles. The zero-order chi connectivity index (χ0) is 25.4. The Labute approximate surface area is 172 Å². The number of halogens is 12. The largest absolute Gasteiger partial charge is 0.509 e. The monoisotopic (exact) mass is 500 g/mol. The predicted octanol–water partition coefficient (Wildman–Crippen LogP) is 6.46. The number of hydrogen-bond donors (Lipinski definition) is 0. The summed E-state index contributed by atoms with van der Waals surface area (Å²) in [6.45, 7) is 2.64. The van der Waals surface area contributed by atoms with E-state index in [2.05, 4.69) is 20.8 Å². The number of hydrogen-bond acceptors (Lipinski definition) is 4. The highest BCUT2D eigenvalue weighted by molar-refractivity contribution is 5.60. The Bertz CT molecular complexity index is 640. The Morgan fingerprint density at radius 1 is 0.719 bits per heavy atom. The second-order valence-corrected chi connectivity index (χ2v) is 6.85. The lowest BCUT2D eigenvalue weighted by Crippen LogP contribution is -2.66. The third-order valence-electron chi connectivity index (χ3n) is 5.24. The Morgan fingerprint density at radius 3 is 1.28 bits per heavy atom. The Kier molecular flexibility index (Phi) is 7.63. The highest BCUT2D eigenvalue weighted by Crippen LogP contribution is 2.59. The van der Waals surface area contributed by atoms with E-state index in [0.29, 0.717) is 7.11 Å². The first-order valence-corrected chi connectivity index (χ1v) is 8.55. The number of methoxy groups -OCH3 is 1. The van der Waals surface area contributed by atoms with E-state index in [4.69, 9.17) is 0 Å². The molecule has 1 aliphatic carbocycles. The fourth-order valence-corrected chi connectivity index (χ4v) is 3.89. The van der Waals surface area contributed by atoms with E-state index in [0.717, 1.165) is 0 Å². The molecule has 4 nitrogen and oxygen atoms in total. The lowest BCUT2D eigenvalue weighted by molar-refractivity contribution is -0.398. The molecule has 0 atom stereocenters. The van der Waals surface area contributed by atoms with Crippen molar-refractivity contribution in [2.75, 3.05) is 7.11 Å². The standard InChI is InChI=1S/C16H16F12O4/c1-3-31-11(13(17,18)19,14(20,21)22)8-4-6-9(7-5-8)12(15(23,24)25,16(26,27)28)32-10(29)30-2/h3,8-9H,1,4-7H2,2H3. The molecular formula is C16H16F12O4. The molecule has 1 aliphatic rings. The van der Waals surface area contributed by atoms with Crippen molar-refractivity contribution in [1.82, 2.24) is 0 Å². The third kappa shape index (κ3) is 4.54. The second kappa shape index (κ2) is 8.72. The van der Waals surface area contributed by atoms with Gasteiger partial charge in [-0.2, -0.15) is 52.7 Å². The van der Waals surface area contributed by atoms with Crippen LogP contribution in [0.4, 0.5) is 57.5 Å². The summed E-state index contributed by atoms with van der Waals surface area (Å²) >= 11 is 0. The van der Waals surface area contributed by atoms with Gasteiger partial charge in [-0.05, 0) is 25.7 Å². The Morgan fingerprint density at radius 2 is 1.03 bits per heavy atom. The van der Waals surface area contributed by atoms with Crippen molar-refractivity contribution in [2.45, 2.75) is 61.6 Å². The minimum Gasteiger partial charge on any atom is -0.477 e. The zero-order valence-corrected chi connectivity index (χ0v) is 15.9. The fraction of sp³-hybridized carbons (Fsp3) is 0.812. The van der Waals surface area contributed by atoms with Crippen LogP contribution < -0.4 is 0 Å². The molecule has 32 heavy (non-hydrogen) atoms. The van der Waals surface area contributed by atoms with Crippen molar-refractivity contribution in [1.29, 1.82) is 0 Å². The van der Waals surface area contributed by atoms with E-state index < -0.39 is 79.6 Å². The maximum Gasteiger partial charge on any atom is 0.509 e. The smallest absolute Gasteiger partial charge is 0.477 e. The number of alkyl halides is 12. The van der Waals surface area contributed by atoms with Crippen LogP contribution >= 0.6 is 0 Å². The van der Waals surface area contributed by atoms with Gasteiger partial charge in [-0.1, -0.05) is 6.58 Å². The molecule has 16 heteroatoms. The molecule has 0 N–H and O–H groups in total. The molecule has 0 aromatic rings. The van der Waals surface area contributed by atoms with Crippen LogP contribution in [0.25, 0.3) is 0 Å². The average molecular weight is 500 g/mol. The molecule has 188 valence electrons. The topological polar surface area (TPSA) is 44.8 Å². The molecule has 0 bridgehead atoms. The van der Waals surface area contributed by atoms with Gasteiger partial charge in [0.25, 0.3) is 5.60 Å². The quantitative estimate of drug-likeness (QED) is 0.247. The van der Waals surface area contributed by atoms with Crippen LogP contribution in [-0.4, -0.2) is 49.2 Å². The van der Waals surface area contributed by atoms with Gasteiger partial charge < -0.3 is 14.2 Å². The Balaban J connectivity index is 3.47. The highest BCUT2D eigenvalue weighted by Gasteiger charge is 2.80. The van der Waals surface area contributed by atoms with Gasteiger partial charge in [0.1, 0.15) is 0 Å². The summed E-state index contributed by atoms with van der Waals surface area (Å²) < 4.78 is 173. The molecule has 0 amide bonds. The van der Waals surface area contributed by atoms with Crippen molar-refractivity contribution in [2.24, 2.45) is 11.8 Å². The van der Waals surface area contributed by atoms with Crippen molar-refractivity contribution in [3.8, 4) is 0 Å². The molecule has 0 heterocycles. The summed E-state index contributed by atoms with van der Waals surface area (Å²) in [6, 6.07) is 0. The SMILES string of the molecule is C=COC(C1CCC(C(OC(=O)OC)(C(F)(F)F)C(F)(F)F)CC1)(C(F)(F)F)C(F)(F)F. The van der Waals surface area contributed by atoms with E-state index in [1.54, 1.807) is 0 Å². The summed E-state index contributed by atoms with van der Waals surface area (Å²) in [5.41, 5.74) is -10.1. The summed E-state index contributed by atoms with van der Waals surface area (Å²) in [4.78, 5) is 11.2. The van der Waals surface area contributed by atoms with Gasteiger partial charge in [-0.15, -0.1) is 0 Å². The number of carbonyl (C=O) groups is 1. The van der Waals surface area contributed by atoms with Gasteiger partial charge in [0.05, 0.1) is 13.4 Å². The van der Waals surface area contributed by atoms with Gasteiger partial charge in [0, 0.05) is 11.8 Å². The van der Waals surface area contributed by atoms with Crippen LogP contribution in [0.1, 0.15) is 25.7 Å². The van der Waals surface area contributed by atoms with Crippen molar-refractivity contribution < 1.29 is 71.7 Å². The van der Waals surface area contributed by atoms with Crippen molar-refractivity contribution in [3.05, 3.63) is 12.8 Å². The van der Waals surface area contributed by atoms with Crippen LogP contribution in [0.5, 0.6) is 0 Å². The van der Waals surface area contributed by atoms with Gasteiger partial charge in [-0.3, -0.25) is 0 Å². The van der Waals surface area contributed by atoms with Gasteiger partial charge >= 0.3 is 36.5 Å². The summed E-state index contributed by atoms with van der Waals surface area (Å²) in [5.74, 6) is -5.35. The van der Waals surface area contributed by atoms with Crippen LogP contribution in [0.15, 0.2) is 12.8 Å². The first-order valence-electron chi connectivity index (χ1n) is 8.55. The highest BCUT2D eigenvalue weighted by atomic mass is 19.4. The second-order valence-electron chi connectivity index (χ2n) is 6.85. The van der Waals surface area contributed by atoms with Gasteiger partial charge in [-0.25, -0.2) is 4.79 Å². The maximum atomic E-state index is 13.5. The number of rotatable bonds is 5. The van der Waals surface area contributed by atoms with Crippen LogP contribution in [0.3, 0.4) is 0 Å². The molecule has 0 radical (unpaired) electrons. The number of carbonyl (C=O) groups excluding carboxylic acids is 1. The number of ether oxygens (including phenoxy) is 3. The molecule has 1 fully saturated rings. The van der Waals surface area contributed by atoms with E-state index in [9.17, 15) is 57.5 Å². The maximum absolute atomic E-state index is 13.5. The fourth-order valence-electron chi connectivity index (χ4n) is 3.89. The first kappa shape index (κ1) is 28.0.